The van der Waals surface area contributed by atoms with Crippen molar-refractivity contribution in [3.63, 3.8) is 0 Å². The summed E-state index contributed by atoms with van der Waals surface area (Å²) in [6.45, 7) is 1.93. The number of halogens is 1. The molecule has 0 saturated heterocycles. The minimum atomic E-state index is -1.03. The number of nitrogens with two attached hydrogens (primary N) is 2. The van der Waals surface area contributed by atoms with Gasteiger partial charge in [0, 0.05) is 25.1 Å². The summed E-state index contributed by atoms with van der Waals surface area (Å²) < 4.78 is 4.81. The van der Waals surface area contributed by atoms with E-state index in [0.717, 1.165) is 22.3 Å². The maximum Gasteiger partial charge on any atom is 0.325 e. The van der Waals surface area contributed by atoms with Gasteiger partial charge in [-0.1, -0.05) is 103 Å². The molecular formula is C37H41ClN6O5. The molecule has 0 aliphatic rings. The number of urea groups is 1. The molecule has 4 aromatic rings. The van der Waals surface area contributed by atoms with Crippen molar-refractivity contribution >= 4 is 42.1 Å². The van der Waals surface area contributed by atoms with Crippen LogP contribution in [-0.4, -0.2) is 53.7 Å². The SMILES string of the molecule is CCOC(=O)CNC(=O)NCc1ccc(CN(C(=O)C(c2ccccc2)c2ccccc2)[C@H](Cc2cccc(C(=N)N)c2)C(N)=O)cc1.Cl. The van der Waals surface area contributed by atoms with Gasteiger partial charge in [0.25, 0.3) is 0 Å². The van der Waals surface area contributed by atoms with Crippen LogP contribution < -0.4 is 22.1 Å². The number of primary amides is 1. The van der Waals surface area contributed by atoms with E-state index >= 15 is 0 Å². The molecule has 0 bridgehead atoms. The summed E-state index contributed by atoms with van der Waals surface area (Å²) in [5.41, 5.74) is 16.0. The maximum absolute atomic E-state index is 14.7. The Balaban J connectivity index is 0.00000650. The van der Waals surface area contributed by atoms with E-state index in [4.69, 9.17) is 21.6 Å². The van der Waals surface area contributed by atoms with Gasteiger partial charge in [-0.2, -0.15) is 0 Å². The lowest BCUT2D eigenvalue weighted by atomic mass is 9.88. The second kappa shape index (κ2) is 18.6. The van der Waals surface area contributed by atoms with Crippen LogP contribution in [0.1, 0.15) is 46.2 Å². The van der Waals surface area contributed by atoms with Crippen LogP contribution in [0.2, 0.25) is 0 Å². The fourth-order valence-electron chi connectivity index (χ4n) is 5.30. The number of benzene rings is 4. The molecule has 1 atom stereocenters. The number of carbonyl (C=O) groups excluding carboxylic acids is 4. The molecule has 0 unspecified atom stereocenters. The number of carbonyl (C=O) groups is 4. The summed E-state index contributed by atoms with van der Waals surface area (Å²) in [4.78, 5) is 53.0. The van der Waals surface area contributed by atoms with Gasteiger partial charge in [-0.25, -0.2) is 4.79 Å². The van der Waals surface area contributed by atoms with Crippen LogP contribution in [0.5, 0.6) is 0 Å². The van der Waals surface area contributed by atoms with Gasteiger partial charge in [-0.3, -0.25) is 19.8 Å². The standard InChI is InChI=1S/C37H40N6O5.ClH/c1-2-48-32(44)23-42-37(47)41-22-25-16-18-26(19-17-25)24-43(31(35(40)45)21-27-10-9-15-30(20-27)34(38)39)36(46)33(28-11-5-3-6-12-28)29-13-7-4-8-14-29;/h3-20,31,33H,2,21-24H2,1H3,(H3,38,39)(H2,40,45)(H2,41,42,47);1H/t31-;/m1./s1. The molecule has 4 amide bonds. The third kappa shape index (κ3) is 10.9. The Hall–Kier alpha value is -5.68. The molecule has 0 aromatic heterocycles. The molecule has 7 N–H and O–H groups in total. The van der Waals surface area contributed by atoms with Crippen LogP contribution in [0.4, 0.5) is 4.79 Å². The smallest absolute Gasteiger partial charge is 0.325 e. The summed E-state index contributed by atoms with van der Waals surface area (Å²) >= 11 is 0. The number of nitrogens with zero attached hydrogens (tertiary/aromatic N) is 1. The van der Waals surface area contributed by atoms with Crippen molar-refractivity contribution in [1.82, 2.24) is 15.5 Å². The molecular weight excluding hydrogens is 644 g/mol. The number of nitrogens with one attached hydrogen (secondary N) is 3. The number of amidine groups is 1. The summed E-state index contributed by atoms with van der Waals surface area (Å²) in [5.74, 6) is -2.33. The van der Waals surface area contributed by atoms with Gasteiger partial charge in [0.2, 0.25) is 11.8 Å². The first-order valence-electron chi connectivity index (χ1n) is 15.5. The Bertz CT molecular complexity index is 1680. The Morgan fingerprint density at radius 3 is 1.92 bits per heavy atom. The lowest BCUT2D eigenvalue weighted by Crippen LogP contribution is -2.50. The number of nitrogen functional groups attached to an aromatic ring is 1. The van der Waals surface area contributed by atoms with Crippen LogP contribution in [-0.2, 0) is 38.6 Å². The normalized spacial score (nSPS) is 11.1. The Morgan fingerprint density at radius 1 is 0.776 bits per heavy atom. The van der Waals surface area contributed by atoms with E-state index < -0.39 is 29.9 Å². The van der Waals surface area contributed by atoms with Gasteiger partial charge in [-0.05, 0) is 40.8 Å². The number of ether oxygens (including phenoxy) is 1. The monoisotopic (exact) mass is 684 g/mol. The summed E-state index contributed by atoms with van der Waals surface area (Å²) in [5, 5.41) is 13.0. The van der Waals surface area contributed by atoms with E-state index in [9.17, 15) is 19.2 Å². The third-order valence-corrected chi connectivity index (χ3v) is 7.70. The first-order valence-corrected chi connectivity index (χ1v) is 15.5. The van der Waals surface area contributed by atoms with Crippen molar-refractivity contribution in [3.05, 3.63) is 143 Å². The van der Waals surface area contributed by atoms with Crippen LogP contribution in [0, 0.1) is 5.41 Å². The van der Waals surface area contributed by atoms with Crippen molar-refractivity contribution in [1.29, 1.82) is 5.41 Å². The van der Waals surface area contributed by atoms with Gasteiger partial charge in [0.05, 0.1) is 12.5 Å². The topological polar surface area (TPSA) is 181 Å². The van der Waals surface area contributed by atoms with E-state index in [2.05, 4.69) is 10.6 Å². The van der Waals surface area contributed by atoms with Crippen LogP contribution >= 0.6 is 12.4 Å². The molecule has 0 radical (unpaired) electrons. The quantitative estimate of drug-likeness (QED) is 0.0717. The summed E-state index contributed by atoms with van der Waals surface area (Å²) in [7, 11) is 0. The van der Waals surface area contributed by atoms with Gasteiger partial charge in [0.1, 0.15) is 18.4 Å². The zero-order chi connectivity index (χ0) is 34.5. The van der Waals surface area contributed by atoms with Gasteiger partial charge in [0.15, 0.2) is 0 Å². The second-order valence-electron chi connectivity index (χ2n) is 11.1. The largest absolute Gasteiger partial charge is 0.465 e. The van der Waals surface area contributed by atoms with Crippen molar-refractivity contribution in [2.75, 3.05) is 13.2 Å². The van der Waals surface area contributed by atoms with Gasteiger partial charge in [-0.15, -0.1) is 12.4 Å². The number of hydrogen-bond donors (Lipinski definition) is 5. The number of hydrogen-bond acceptors (Lipinski definition) is 6. The van der Waals surface area contributed by atoms with E-state index in [1.54, 1.807) is 25.1 Å². The highest BCUT2D eigenvalue weighted by Crippen LogP contribution is 2.29. The highest BCUT2D eigenvalue weighted by atomic mass is 35.5. The zero-order valence-corrected chi connectivity index (χ0v) is 28.0. The molecule has 4 aromatic carbocycles. The average Bonchev–Trinajstić information content (AvgIpc) is 3.09. The summed E-state index contributed by atoms with van der Waals surface area (Å²) in [6, 6.07) is 31.4. The van der Waals surface area contributed by atoms with Crippen LogP contribution in [0.3, 0.4) is 0 Å². The highest BCUT2D eigenvalue weighted by molar-refractivity contribution is 5.95. The minimum Gasteiger partial charge on any atom is -0.465 e. The predicted molar refractivity (Wildman–Crippen MR) is 190 cm³/mol. The fraction of sp³-hybridized carbons (Fsp3) is 0.216. The van der Waals surface area contributed by atoms with Crippen molar-refractivity contribution in [2.24, 2.45) is 11.5 Å². The summed E-state index contributed by atoms with van der Waals surface area (Å²) in [6.07, 6.45) is 0.113. The lowest BCUT2D eigenvalue weighted by molar-refractivity contribution is -0.141. The molecule has 0 spiro atoms. The molecule has 49 heavy (non-hydrogen) atoms. The molecule has 0 saturated carbocycles. The first-order chi connectivity index (χ1) is 23.2. The van der Waals surface area contributed by atoms with Crippen molar-refractivity contribution in [3.8, 4) is 0 Å². The Labute approximate surface area is 291 Å². The molecule has 0 heterocycles. The third-order valence-electron chi connectivity index (χ3n) is 7.70. The van der Waals surface area contributed by atoms with E-state index in [0.29, 0.717) is 11.1 Å². The second-order valence-corrected chi connectivity index (χ2v) is 11.1. The van der Waals surface area contributed by atoms with E-state index in [1.807, 2.05) is 91.0 Å². The molecule has 0 aliphatic carbocycles. The number of amides is 4. The predicted octanol–water partition coefficient (Wildman–Crippen LogP) is 4.01. The lowest BCUT2D eigenvalue weighted by Gasteiger charge is -2.33. The van der Waals surface area contributed by atoms with Crippen molar-refractivity contribution in [2.45, 2.75) is 38.4 Å². The molecule has 0 aliphatic heterocycles. The Morgan fingerprint density at radius 2 is 1.37 bits per heavy atom. The zero-order valence-electron chi connectivity index (χ0n) is 27.1. The first kappa shape index (κ1) is 37.8. The van der Waals surface area contributed by atoms with Gasteiger partial charge >= 0.3 is 12.0 Å². The number of rotatable bonds is 15. The molecule has 4 rings (SSSR count). The highest BCUT2D eigenvalue weighted by Gasteiger charge is 2.34. The van der Waals surface area contributed by atoms with E-state index in [1.165, 1.54) is 4.90 Å². The van der Waals surface area contributed by atoms with E-state index in [-0.39, 0.29) is 56.8 Å². The maximum atomic E-state index is 14.7. The molecule has 256 valence electrons. The van der Waals surface area contributed by atoms with Crippen molar-refractivity contribution < 1.29 is 23.9 Å². The molecule has 0 fully saturated rings. The van der Waals surface area contributed by atoms with Crippen LogP contribution in [0.25, 0.3) is 0 Å². The molecule has 11 nitrogen and oxygen atoms in total. The van der Waals surface area contributed by atoms with Gasteiger partial charge < -0.3 is 31.7 Å². The minimum absolute atomic E-state index is 0. The molecule has 12 heteroatoms. The average molecular weight is 685 g/mol. The number of esters is 1. The Kier molecular flexibility index (Phi) is 14.3. The fourth-order valence-corrected chi connectivity index (χ4v) is 5.30. The van der Waals surface area contributed by atoms with Crippen LogP contribution in [0.15, 0.2) is 109 Å².